The molecule has 6 heteroatoms. The fourth-order valence-corrected chi connectivity index (χ4v) is 1.27. The summed E-state index contributed by atoms with van der Waals surface area (Å²) in [5.41, 5.74) is -0.940. The summed E-state index contributed by atoms with van der Waals surface area (Å²) >= 11 is 0. The molecule has 0 atom stereocenters. The molecule has 0 saturated heterocycles. The Morgan fingerprint density at radius 1 is 1.56 bits per heavy atom. The molecular weight excluding hydrogens is 210 g/mol. The molecule has 0 radical (unpaired) electrons. The summed E-state index contributed by atoms with van der Waals surface area (Å²) in [6.45, 7) is 5.35. The molecule has 0 aliphatic rings. The number of pyridine rings is 1. The third-order valence-corrected chi connectivity index (χ3v) is 2.08. The Morgan fingerprint density at radius 2 is 2.25 bits per heavy atom. The van der Waals surface area contributed by atoms with E-state index in [1.54, 1.807) is 10.8 Å². The Labute approximate surface area is 93.1 Å². The molecule has 88 valence electrons. The highest BCUT2D eigenvalue weighted by atomic mass is 16.6. The van der Waals surface area contributed by atoms with Crippen molar-refractivity contribution in [2.45, 2.75) is 26.4 Å². The molecule has 0 aromatic carbocycles. The quantitative estimate of drug-likeness (QED) is 0.592. The molecule has 0 aliphatic carbocycles. The van der Waals surface area contributed by atoms with Gasteiger partial charge in [-0.25, -0.2) is 0 Å². The van der Waals surface area contributed by atoms with Gasteiger partial charge in [0, 0.05) is 31.4 Å². The van der Waals surface area contributed by atoms with Crippen LogP contribution >= 0.6 is 0 Å². The lowest BCUT2D eigenvalue weighted by molar-refractivity contribution is -0.386. The number of nitro groups is 1. The van der Waals surface area contributed by atoms with Crippen LogP contribution in [0.5, 0.6) is 0 Å². The maximum Gasteiger partial charge on any atom is 0.332 e. The standard InChI is InChI=1S/C10H15N3O3/c1-8(2)11-4-6-12-5-3-10(14)9(7-12)13(15)16/h3,5,7-8,11H,4,6H2,1-2H3. The highest BCUT2D eigenvalue weighted by Crippen LogP contribution is 2.01. The van der Waals surface area contributed by atoms with E-state index in [0.717, 1.165) is 0 Å². The smallest absolute Gasteiger partial charge is 0.332 e. The van der Waals surface area contributed by atoms with E-state index in [1.807, 2.05) is 13.8 Å². The summed E-state index contributed by atoms with van der Waals surface area (Å²) in [5.74, 6) is 0. The van der Waals surface area contributed by atoms with E-state index in [0.29, 0.717) is 19.1 Å². The van der Waals surface area contributed by atoms with Crippen LogP contribution in [0.15, 0.2) is 23.3 Å². The van der Waals surface area contributed by atoms with E-state index >= 15 is 0 Å². The van der Waals surface area contributed by atoms with Gasteiger partial charge in [-0.15, -0.1) is 0 Å². The zero-order valence-electron chi connectivity index (χ0n) is 9.34. The van der Waals surface area contributed by atoms with Gasteiger partial charge in [0.05, 0.1) is 11.1 Å². The van der Waals surface area contributed by atoms with Crippen molar-refractivity contribution in [3.63, 3.8) is 0 Å². The molecule has 1 aromatic heterocycles. The van der Waals surface area contributed by atoms with Gasteiger partial charge >= 0.3 is 5.69 Å². The van der Waals surface area contributed by atoms with E-state index in [4.69, 9.17) is 0 Å². The Morgan fingerprint density at radius 3 is 2.81 bits per heavy atom. The van der Waals surface area contributed by atoms with E-state index < -0.39 is 10.4 Å². The van der Waals surface area contributed by atoms with Crippen LogP contribution in [-0.4, -0.2) is 22.1 Å². The van der Waals surface area contributed by atoms with Crippen molar-refractivity contribution < 1.29 is 4.92 Å². The molecule has 0 fully saturated rings. The van der Waals surface area contributed by atoms with Crippen LogP contribution in [0.25, 0.3) is 0 Å². The Balaban J connectivity index is 2.72. The average molecular weight is 225 g/mol. The molecule has 0 aliphatic heterocycles. The van der Waals surface area contributed by atoms with Gasteiger partial charge in [0.1, 0.15) is 0 Å². The molecule has 1 aromatic rings. The lowest BCUT2D eigenvalue weighted by atomic mass is 10.4. The van der Waals surface area contributed by atoms with Crippen molar-refractivity contribution in [3.8, 4) is 0 Å². The SMILES string of the molecule is CC(C)NCCn1ccc(=O)c([N+](=O)[O-])c1. The first-order valence-electron chi connectivity index (χ1n) is 5.08. The van der Waals surface area contributed by atoms with E-state index in [-0.39, 0.29) is 5.69 Å². The minimum Gasteiger partial charge on any atom is -0.347 e. The van der Waals surface area contributed by atoms with Gasteiger partial charge < -0.3 is 9.88 Å². The van der Waals surface area contributed by atoms with Gasteiger partial charge in [0.25, 0.3) is 5.43 Å². The summed E-state index contributed by atoms with van der Waals surface area (Å²) in [5, 5.41) is 13.7. The third-order valence-electron chi connectivity index (χ3n) is 2.08. The lowest BCUT2D eigenvalue weighted by Crippen LogP contribution is -2.27. The normalized spacial score (nSPS) is 10.7. The molecule has 16 heavy (non-hydrogen) atoms. The molecule has 0 amide bonds. The highest BCUT2D eigenvalue weighted by Gasteiger charge is 2.11. The summed E-state index contributed by atoms with van der Waals surface area (Å²) in [6.07, 6.45) is 2.82. The highest BCUT2D eigenvalue weighted by molar-refractivity contribution is 5.25. The van der Waals surface area contributed by atoms with Gasteiger partial charge in [-0.2, -0.15) is 0 Å². The Bertz CT molecular complexity index is 426. The van der Waals surface area contributed by atoms with Crippen LogP contribution in [0.1, 0.15) is 13.8 Å². The minimum atomic E-state index is -0.658. The number of rotatable bonds is 5. The lowest BCUT2D eigenvalue weighted by Gasteiger charge is -2.09. The maximum absolute atomic E-state index is 11.1. The number of nitrogens with zero attached hydrogens (tertiary/aromatic N) is 2. The fraction of sp³-hybridized carbons (Fsp3) is 0.500. The first kappa shape index (κ1) is 12.4. The first-order valence-corrected chi connectivity index (χ1v) is 5.08. The minimum absolute atomic E-state index is 0.370. The van der Waals surface area contributed by atoms with Gasteiger partial charge in [-0.3, -0.25) is 14.9 Å². The predicted molar refractivity (Wildman–Crippen MR) is 60.5 cm³/mol. The fourth-order valence-electron chi connectivity index (χ4n) is 1.27. The van der Waals surface area contributed by atoms with Crippen LogP contribution in [0.3, 0.4) is 0 Å². The second-order valence-electron chi connectivity index (χ2n) is 3.80. The molecule has 1 heterocycles. The number of hydrogen-bond donors (Lipinski definition) is 1. The molecule has 6 nitrogen and oxygen atoms in total. The molecule has 1 N–H and O–H groups in total. The van der Waals surface area contributed by atoms with Crippen LogP contribution in [0.4, 0.5) is 5.69 Å². The molecule has 0 spiro atoms. The van der Waals surface area contributed by atoms with Gasteiger partial charge in [0.15, 0.2) is 0 Å². The zero-order chi connectivity index (χ0) is 12.1. The number of nitrogens with one attached hydrogen (secondary N) is 1. The van der Waals surface area contributed by atoms with Crippen LogP contribution in [-0.2, 0) is 6.54 Å². The summed E-state index contributed by atoms with van der Waals surface area (Å²) in [4.78, 5) is 21.0. The molecule has 0 bridgehead atoms. The zero-order valence-corrected chi connectivity index (χ0v) is 9.34. The molecule has 0 unspecified atom stereocenters. The summed E-state index contributed by atoms with van der Waals surface area (Å²) in [6, 6.07) is 1.59. The summed E-state index contributed by atoms with van der Waals surface area (Å²) in [7, 11) is 0. The monoisotopic (exact) mass is 225 g/mol. The van der Waals surface area contributed by atoms with Crippen molar-refractivity contribution in [2.75, 3.05) is 6.54 Å². The molecular formula is C10H15N3O3. The average Bonchev–Trinajstić information content (AvgIpc) is 2.19. The topological polar surface area (TPSA) is 77.2 Å². The van der Waals surface area contributed by atoms with Gasteiger partial charge in [-0.05, 0) is 0 Å². The van der Waals surface area contributed by atoms with Crippen molar-refractivity contribution in [2.24, 2.45) is 0 Å². The van der Waals surface area contributed by atoms with Gasteiger partial charge in [-0.1, -0.05) is 13.8 Å². The number of hydrogen-bond acceptors (Lipinski definition) is 4. The number of aromatic nitrogens is 1. The van der Waals surface area contributed by atoms with E-state index in [9.17, 15) is 14.9 Å². The molecule has 0 saturated carbocycles. The second-order valence-corrected chi connectivity index (χ2v) is 3.80. The van der Waals surface area contributed by atoms with Gasteiger partial charge in [0.2, 0.25) is 0 Å². The maximum atomic E-state index is 11.1. The van der Waals surface area contributed by atoms with Crippen molar-refractivity contribution in [1.29, 1.82) is 0 Å². The third kappa shape index (κ3) is 3.47. The Hall–Kier alpha value is -1.69. The Kier molecular flexibility index (Phi) is 4.19. The van der Waals surface area contributed by atoms with Crippen molar-refractivity contribution >= 4 is 5.69 Å². The van der Waals surface area contributed by atoms with E-state index in [1.165, 1.54) is 12.3 Å². The molecule has 1 rings (SSSR count). The van der Waals surface area contributed by atoms with Crippen LogP contribution < -0.4 is 10.7 Å². The second kappa shape index (κ2) is 5.41. The van der Waals surface area contributed by atoms with E-state index in [2.05, 4.69) is 5.32 Å². The van der Waals surface area contributed by atoms with Crippen LogP contribution in [0, 0.1) is 10.1 Å². The van der Waals surface area contributed by atoms with Crippen molar-refractivity contribution in [1.82, 2.24) is 9.88 Å². The summed E-state index contributed by atoms with van der Waals surface area (Å²) < 4.78 is 1.63. The van der Waals surface area contributed by atoms with Crippen LogP contribution in [0.2, 0.25) is 0 Å². The van der Waals surface area contributed by atoms with Crippen molar-refractivity contribution in [3.05, 3.63) is 38.8 Å². The predicted octanol–water partition coefficient (Wildman–Crippen LogP) is 0.754. The largest absolute Gasteiger partial charge is 0.347 e. The first-order chi connectivity index (χ1) is 7.50.